The van der Waals surface area contributed by atoms with Gasteiger partial charge in [-0.05, 0) is 11.6 Å². The summed E-state index contributed by atoms with van der Waals surface area (Å²) in [5.41, 5.74) is 0. The molecule has 0 N–H and O–H groups in total. The van der Waals surface area contributed by atoms with E-state index in [-0.39, 0.29) is 14.9 Å². The van der Waals surface area contributed by atoms with Crippen LogP contribution in [0.25, 0.3) is 0 Å². The van der Waals surface area contributed by atoms with Crippen molar-refractivity contribution < 1.29 is 9.36 Å². The smallest absolute Gasteiger partial charge is 0.222 e. The zero-order chi connectivity index (χ0) is 7.70. The number of hydrogen-bond donors (Lipinski definition) is 0. The molecule has 0 fully saturated rings. The third-order valence-electron chi connectivity index (χ3n) is 0.400. The Morgan fingerprint density at radius 3 is 2.11 bits per heavy atom. The largest absolute Gasteiger partial charge is 0.281 e. The van der Waals surface area contributed by atoms with Crippen LogP contribution in [0.4, 0.5) is 0 Å². The maximum atomic E-state index is 9.82. The van der Waals surface area contributed by atoms with Crippen molar-refractivity contribution in [1.29, 1.82) is 0 Å². The number of rotatable bonds is 3. The van der Waals surface area contributed by atoms with Crippen LogP contribution in [-0.4, -0.2) is 17.8 Å². The molecule has 0 rings (SSSR count). The second-order valence-corrected chi connectivity index (χ2v) is 2.08. The normalized spacial score (nSPS) is 7.89. The van der Waals surface area contributed by atoms with Gasteiger partial charge in [-0.3, -0.25) is 9.36 Å². The summed E-state index contributed by atoms with van der Waals surface area (Å²) in [6.45, 7) is 0. The van der Waals surface area contributed by atoms with Crippen LogP contribution in [0.5, 0.6) is 0 Å². The number of carbonyl (C=O) groups excluding carboxylic acids is 1. The maximum Gasteiger partial charge on any atom is 0.222 e. The molecule has 0 aromatic rings. The van der Waals surface area contributed by atoms with Gasteiger partial charge in [0.25, 0.3) is 0 Å². The monoisotopic (exact) mass is 188 g/mol. The van der Waals surface area contributed by atoms with Crippen molar-refractivity contribution in [3.8, 4) is 0 Å². The summed E-state index contributed by atoms with van der Waals surface area (Å²) >= 11 is 9.51. The quantitative estimate of drug-likeness (QED) is 0.387. The number of carbonyl (C=O) groups is 1. The fourth-order valence-corrected chi connectivity index (χ4v) is 0.654. The molecule has 0 unspecified atom stereocenters. The molecule has 0 aliphatic rings. The van der Waals surface area contributed by atoms with E-state index >= 15 is 0 Å². The van der Waals surface area contributed by atoms with Crippen molar-refractivity contribution in [3.05, 3.63) is 0 Å². The Bertz CT molecular complexity index is 86.6. The van der Waals surface area contributed by atoms with E-state index in [1.165, 1.54) is 6.38 Å². The Morgan fingerprint density at radius 1 is 1.56 bits per heavy atom. The molecule has 0 amide bonds. The first-order chi connectivity index (χ1) is 4.27. The van der Waals surface area contributed by atoms with Crippen molar-refractivity contribution in [1.82, 2.24) is 0 Å². The summed E-state index contributed by atoms with van der Waals surface area (Å²) in [6, 6.07) is 0. The van der Waals surface area contributed by atoms with Crippen LogP contribution >= 0.6 is 31.7 Å². The molecule has 0 bridgehead atoms. The lowest BCUT2D eigenvalue weighted by Crippen LogP contribution is -1.83. The van der Waals surface area contributed by atoms with E-state index in [9.17, 15) is 9.36 Å². The summed E-state index contributed by atoms with van der Waals surface area (Å²) in [7, 11) is -0.0150. The second kappa shape index (κ2) is 11.2. The lowest BCUT2D eigenvalue weighted by atomic mass is 10.6. The summed E-state index contributed by atoms with van der Waals surface area (Å²) in [6.07, 6.45) is 2.01. The Balaban J connectivity index is 0. The first kappa shape index (κ1) is 12.1. The van der Waals surface area contributed by atoms with E-state index < -0.39 is 5.24 Å². The molecule has 0 saturated heterocycles. The fourth-order valence-electron chi connectivity index (χ4n) is 0.134. The number of alkyl halides is 1. The van der Waals surface area contributed by atoms with E-state index in [1.54, 1.807) is 0 Å². The maximum absolute atomic E-state index is 9.82. The van der Waals surface area contributed by atoms with Gasteiger partial charge >= 0.3 is 0 Å². The van der Waals surface area contributed by atoms with Gasteiger partial charge in [-0.1, -0.05) is 0 Å². The van der Waals surface area contributed by atoms with Crippen LogP contribution < -0.4 is 0 Å². The van der Waals surface area contributed by atoms with Gasteiger partial charge in [-0.25, -0.2) is 0 Å². The Kier molecular flexibility index (Phi) is 15.0. The van der Waals surface area contributed by atoms with Crippen LogP contribution in [-0.2, 0) is 9.36 Å². The molecule has 54 valence electrons. The lowest BCUT2D eigenvalue weighted by Gasteiger charge is -1.76. The summed E-state index contributed by atoms with van der Waals surface area (Å²) in [5, 5.41) is -0.427. The zero-order valence-corrected chi connectivity index (χ0v) is 7.34. The van der Waals surface area contributed by atoms with Gasteiger partial charge in [0.05, 0.1) is 0 Å². The minimum atomic E-state index is -0.427. The summed E-state index contributed by atoms with van der Waals surface area (Å²) < 4.78 is 9.60. The molecule has 0 heterocycles. The molecule has 0 aliphatic heterocycles. The highest BCUT2D eigenvalue weighted by Crippen LogP contribution is 1.97. The molecule has 0 saturated carbocycles. The summed E-state index contributed by atoms with van der Waals surface area (Å²) in [5.74, 6) is 0. The van der Waals surface area contributed by atoms with Gasteiger partial charge in [0.1, 0.15) is 0 Å². The highest BCUT2D eigenvalue weighted by molar-refractivity contribution is 7.23. The van der Waals surface area contributed by atoms with E-state index in [2.05, 4.69) is 11.6 Å². The zero-order valence-electron chi connectivity index (χ0n) is 4.93. The van der Waals surface area contributed by atoms with Gasteiger partial charge in [-0.2, -0.15) is 0 Å². The molecule has 0 atom stereocenters. The van der Waals surface area contributed by atoms with Crippen LogP contribution in [0.3, 0.4) is 0 Å². The van der Waals surface area contributed by atoms with Gasteiger partial charge in [0.2, 0.25) is 5.24 Å². The van der Waals surface area contributed by atoms with Crippen LogP contribution in [0.2, 0.25) is 0 Å². The van der Waals surface area contributed by atoms with Gasteiger partial charge < -0.3 is 0 Å². The van der Waals surface area contributed by atoms with Crippen molar-refractivity contribution >= 4 is 36.9 Å². The Morgan fingerprint density at radius 2 is 2.00 bits per heavy atom. The van der Waals surface area contributed by atoms with Gasteiger partial charge in [0.15, 0.2) is 8.46 Å². The molecule has 0 spiro atoms. The van der Waals surface area contributed by atoms with E-state index in [1.807, 2.05) is 0 Å². The van der Waals surface area contributed by atoms with Crippen LogP contribution in [0.1, 0.15) is 6.42 Å². The highest BCUT2D eigenvalue weighted by Gasteiger charge is 1.91. The molecular weight excluding hydrogens is 182 g/mol. The first-order valence-corrected chi connectivity index (χ1v) is 4.25. The van der Waals surface area contributed by atoms with Crippen molar-refractivity contribution in [2.75, 3.05) is 12.5 Å². The van der Waals surface area contributed by atoms with Gasteiger partial charge in [-0.15, -0.1) is 11.6 Å². The predicted octanol–water partition coefficient (Wildman–Crippen LogP) is 2.29. The number of halogens is 2. The summed E-state index contributed by atoms with van der Waals surface area (Å²) in [4.78, 5) is 9.82. The standard InChI is InChI=1S/C3H4ClO2P.CH3Cl/c4-3(5)1-2-7-6;1-2/h1-2H2;1H3. The molecule has 0 aromatic heterocycles. The van der Waals surface area contributed by atoms with Crippen molar-refractivity contribution in [2.24, 2.45) is 0 Å². The van der Waals surface area contributed by atoms with E-state index in [4.69, 9.17) is 11.6 Å². The average molecular weight is 189 g/mol. The van der Waals surface area contributed by atoms with Crippen LogP contribution in [0, 0.1) is 0 Å². The third kappa shape index (κ3) is 17.8. The topological polar surface area (TPSA) is 34.1 Å². The van der Waals surface area contributed by atoms with E-state index in [0.717, 1.165) is 0 Å². The Hall–Kier alpha value is 0.350. The lowest BCUT2D eigenvalue weighted by molar-refractivity contribution is -0.111. The molecule has 0 aliphatic carbocycles. The van der Waals surface area contributed by atoms with Gasteiger partial charge in [0, 0.05) is 19.0 Å². The molecule has 0 aromatic carbocycles. The van der Waals surface area contributed by atoms with E-state index in [0.29, 0.717) is 6.16 Å². The molecule has 5 heteroatoms. The fraction of sp³-hybridized carbons (Fsp3) is 0.750. The predicted molar refractivity (Wildman–Crippen MR) is 39.7 cm³/mol. The van der Waals surface area contributed by atoms with Crippen molar-refractivity contribution in [2.45, 2.75) is 6.42 Å². The minimum absolute atomic E-state index is 0.0150. The molecule has 2 nitrogen and oxygen atoms in total. The molecular formula is C4H7Cl2O2P. The van der Waals surface area contributed by atoms with Crippen LogP contribution in [0.15, 0.2) is 0 Å². The third-order valence-corrected chi connectivity index (χ3v) is 0.995. The van der Waals surface area contributed by atoms with Crippen molar-refractivity contribution in [3.63, 3.8) is 0 Å². The Labute approximate surface area is 65.7 Å². The first-order valence-electron chi connectivity index (χ1n) is 2.12. The second-order valence-electron chi connectivity index (χ2n) is 0.958. The number of hydrogen-bond acceptors (Lipinski definition) is 2. The molecule has 0 radical (unpaired) electrons. The average Bonchev–Trinajstić information content (AvgIpc) is 1.88. The molecule has 9 heavy (non-hydrogen) atoms. The SMILES string of the molecule is CCl.O=PCCC(=O)Cl. The minimum Gasteiger partial charge on any atom is -0.281 e. The highest BCUT2D eigenvalue weighted by atomic mass is 35.5.